The van der Waals surface area contributed by atoms with Gasteiger partial charge in [0.25, 0.3) is 0 Å². The van der Waals surface area contributed by atoms with Crippen LogP contribution in [0.5, 0.6) is 5.75 Å². The summed E-state index contributed by atoms with van der Waals surface area (Å²) in [6, 6.07) is 6.28. The quantitative estimate of drug-likeness (QED) is 0.943. The maximum absolute atomic E-state index is 6.43. The lowest BCUT2D eigenvalue weighted by Crippen LogP contribution is -2.29. The van der Waals surface area contributed by atoms with Crippen LogP contribution in [0.4, 0.5) is 0 Å². The fourth-order valence-corrected chi connectivity index (χ4v) is 4.47. The number of nitrogens with two attached hydrogens (primary N) is 1. The Morgan fingerprint density at radius 3 is 3.11 bits per heavy atom. The molecule has 1 aliphatic carbocycles. The average molecular weight is 292 g/mol. The van der Waals surface area contributed by atoms with E-state index >= 15 is 0 Å². The number of aromatic nitrogens is 1. The van der Waals surface area contributed by atoms with Gasteiger partial charge in [-0.1, -0.05) is 17.8 Å². The number of rotatable bonds is 3. The molecule has 2 N–H and O–H groups in total. The summed E-state index contributed by atoms with van der Waals surface area (Å²) in [6.07, 6.45) is 4.03. The SMILES string of the molecule is COc1ccc2c(c1)C(N)C(Sc1nccs1)CC2. The number of thiazole rings is 1. The molecular weight excluding hydrogens is 276 g/mol. The molecule has 3 nitrogen and oxygen atoms in total. The zero-order valence-electron chi connectivity index (χ0n) is 10.7. The summed E-state index contributed by atoms with van der Waals surface area (Å²) in [6.45, 7) is 0. The molecule has 19 heavy (non-hydrogen) atoms. The summed E-state index contributed by atoms with van der Waals surface area (Å²) in [7, 11) is 1.69. The summed E-state index contributed by atoms with van der Waals surface area (Å²) >= 11 is 3.48. The molecule has 1 aromatic heterocycles. The second-order valence-corrected chi connectivity index (χ2v) is 6.96. The fraction of sp³-hybridized carbons (Fsp3) is 0.357. The first-order valence-electron chi connectivity index (χ1n) is 6.26. The van der Waals surface area contributed by atoms with Crippen LogP contribution in [0.25, 0.3) is 0 Å². The van der Waals surface area contributed by atoms with E-state index in [2.05, 4.69) is 17.1 Å². The second kappa shape index (κ2) is 5.53. The molecule has 0 spiro atoms. The predicted octanol–water partition coefficient (Wildman–Crippen LogP) is 3.26. The van der Waals surface area contributed by atoms with Crippen LogP contribution in [-0.2, 0) is 6.42 Å². The Kier molecular flexibility index (Phi) is 3.77. The Bertz CT molecular complexity index is 557. The molecule has 100 valence electrons. The molecular formula is C14H16N2OS2. The second-order valence-electron chi connectivity index (χ2n) is 4.58. The van der Waals surface area contributed by atoms with Gasteiger partial charge in [-0.15, -0.1) is 11.3 Å². The van der Waals surface area contributed by atoms with Crippen molar-refractivity contribution in [2.45, 2.75) is 28.5 Å². The number of nitrogens with zero attached hydrogens (tertiary/aromatic N) is 1. The molecule has 0 fully saturated rings. The van der Waals surface area contributed by atoms with E-state index in [4.69, 9.17) is 10.5 Å². The number of hydrogen-bond donors (Lipinski definition) is 1. The molecule has 2 atom stereocenters. The van der Waals surface area contributed by atoms with E-state index in [1.54, 1.807) is 30.2 Å². The van der Waals surface area contributed by atoms with E-state index < -0.39 is 0 Å². The van der Waals surface area contributed by atoms with Crippen LogP contribution in [-0.4, -0.2) is 17.3 Å². The van der Waals surface area contributed by atoms with Gasteiger partial charge in [0.1, 0.15) is 10.1 Å². The highest BCUT2D eigenvalue weighted by Crippen LogP contribution is 2.40. The van der Waals surface area contributed by atoms with Crippen LogP contribution < -0.4 is 10.5 Å². The number of fused-ring (bicyclic) bond motifs is 1. The molecule has 3 rings (SSSR count). The van der Waals surface area contributed by atoms with Crippen LogP contribution in [0, 0.1) is 0 Å². The Balaban J connectivity index is 1.84. The van der Waals surface area contributed by atoms with Crippen molar-refractivity contribution in [1.82, 2.24) is 4.98 Å². The molecule has 0 amide bonds. The summed E-state index contributed by atoms with van der Waals surface area (Å²) in [5.41, 5.74) is 9.00. The molecule has 0 aliphatic heterocycles. The van der Waals surface area contributed by atoms with Gasteiger partial charge in [-0.05, 0) is 36.1 Å². The molecule has 0 bridgehead atoms. The van der Waals surface area contributed by atoms with Crippen LogP contribution in [0.1, 0.15) is 23.6 Å². The minimum atomic E-state index is 0.0488. The molecule has 5 heteroatoms. The van der Waals surface area contributed by atoms with Crippen LogP contribution in [0.15, 0.2) is 34.1 Å². The zero-order valence-corrected chi connectivity index (χ0v) is 12.3. The number of hydrogen-bond acceptors (Lipinski definition) is 5. The van der Waals surface area contributed by atoms with Gasteiger partial charge in [0, 0.05) is 22.9 Å². The molecule has 1 heterocycles. The highest BCUT2D eigenvalue weighted by atomic mass is 32.2. The van der Waals surface area contributed by atoms with Gasteiger partial charge < -0.3 is 10.5 Å². The highest BCUT2D eigenvalue weighted by molar-refractivity contribution is 8.01. The van der Waals surface area contributed by atoms with Gasteiger partial charge in [-0.25, -0.2) is 4.98 Å². The Hall–Kier alpha value is -1.04. The minimum Gasteiger partial charge on any atom is -0.497 e. The van der Waals surface area contributed by atoms with Crippen molar-refractivity contribution in [3.63, 3.8) is 0 Å². The van der Waals surface area contributed by atoms with Crippen molar-refractivity contribution in [1.29, 1.82) is 0 Å². The van der Waals surface area contributed by atoms with Crippen molar-refractivity contribution in [3.8, 4) is 5.75 Å². The van der Waals surface area contributed by atoms with Crippen molar-refractivity contribution >= 4 is 23.1 Å². The molecule has 1 aliphatic rings. The third-order valence-electron chi connectivity index (χ3n) is 3.47. The third-order valence-corrected chi connectivity index (χ3v) is 5.75. The monoisotopic (exact) mass is 292 g/mol. The Morgan fingerprint density at radius 1 is 1.47 bits per heavy atom. The molecule has 0 saturated heterocycles. The molecule has 0 radical (unpaired) electrons. The lowest BCUT2D eigenvalue weighted by atomic mass is 9.87. The van der Waals surface area contributed by atoms with Gasteiger partial charge in [-0.2, -0.15) is 0 Å². The summed E-state index contributed by atoms with van der Waals surface area (Å²) in [5.74, 6) is 0.883. The van der Waals surface area contributed by atoms with Gasteiger partial charge >= 0.3 is 0 Å². The molecule has 1 aromatic carbocycles. The fourth-order valence-electron chi connectivity index (χ4n) is 2.45. The van der Waals surface area contributed by atoms with E-state index in [0.717, 1.165) is 22.9 Å². The van der Waals surface area contributed by atoms with Crippen LogP contribution in [0.3, 0.4) is 0 Å². The number of thioether (sulfide) groups is 1. The number of benzene rings is 1. The average Bonchev–Trinajstić information content (AvgIpc) is 2.95. The number of aryl methyl sites for hydroxylation is 1. The van der Waals surface area contributed by atoms with E-state index in [1.807, 2.05) is 17.6 Å². The normalized spacial score (nSPS) is 22.0. The maximum atomic E-state index is 6.43. The number of ether oxygens (including phenoxy) is 1. The highest BCUT2D eigenvalue weighted by Gasteiger charge is 2.28. The minimum absolute atomic E-state index is 0.0488. The predicted molar refractivity (Wildman–Crippen MR) is 80.0 cm³/mol. The number of methoxy groups -OCH3 is 1. The van der Waals surface area contributed by atoms with Gasteiger partial charge in [-0.3, -0.25) is 0 Å². The van der Waals surface area contributed by atoms with Gasteiger partial charge in [0.05, 0.1) is 7.11 Å². The van der Waals surface area contributed by atoms with E-state index in [0.29, 0.717) is 5.25 Å². The van der Waals surface area contributed by atoms with Crippen molar-refractivity contribution in [2.75, 3.05) is 7.11 Å². The van der Waals surface area contributed by atoms with Gasteiger partial charge in [0.15, 0.2) is 0 Å². The van der Waals surface area contributed by atoms with Crippen molar-refractivity contribution in [3.05, 3.63) is 40.9 Å². The molecule has 2 aromatic rings. The maximum Gasteiger partial charge on any atom is 0.150 e. The van der Waals surface area contributed by atoms with E-state index in [1.165, 1.54) is 11.1 Å². The first-order chi connectivity index (χ1) is 9.28. The van der Waals surface area contributed by atoms with Crippen LogP contribution in [0.2, 0.25) is 0 Å². The Morgan fingerprint density at radius 2 is 2.37 bits per heavy atom. The zero-order chi connectivity index (χ0) is 13.2. The Labute approximate surface area is 121 Å². The summed E-state index contributed by atoms with van der Waals surface area (Å²) in [5, 5.41) is 2.40. The first kappa shape index (κ1) is 13.0. The van der Waals surface area contributed by atoms with E-state index in [-0.39, 0.29) is 6.04 Å². The molecule has 2 unspecified atom stereocenters. The molecule has 0 saturated carbocycles. The topological polar surface area (TPSA) is 48.1 Å². The third kappa shape index (κ3) is 2.63. The van der Waals surface area contributed by atoms with Crippen molar-refractivity contribution in [2.24, 2.45) is 5.73 Å². The first-order valence-corrected chi connectivity index (χ1v) is 8.02. The smallest absolute Gasteiger partial charge is 0.150 e. The van der Waals surface area contributed by atoms with E-state index in [9.17, 15) is 0 Å². The summed E-state index contributed by atoms with van der Waals surface area (Å²) in [4.78, 5) is 4.34. The lowest BCUT2D eigenvalue weighted by molar-refractivity contribution is 0.412. The van der Waals surface area contributed by atoms with Crippen LogP contribution >= 0.6 is 23.1 Å². The van der Waals surface area contributed by atoms with Crippen molar-refractivity contribution < 1.29 is 4.74 Å². The largest absolute Gasteiger partial charge is 0.497 e. The van der Waals surface area contributed by atoms with Gasteiger partial charge in [0.2, 0.25) is 0 Å². The lowest BCUT2D eigenvalue weighted by Gasteiger charge is -2.30. The summed E-state index contributed by atoms with van der Waals surface area (Å²) < 4.78 is 6.40. The standard InChI is InChI=1S/C14H16N2OS2/c1-17-10-4-2-9-3-5-12(13(15)11(9)8-10)19-14-16-6-7-18-14/h2,4,6-8,12-13H,3,5,15H2,1H3.